The second-order valence-corrected chi connectivity index (χ2v) is 15.8. The summed E-state index contributed by atoms with van der Waals surface area (Å²) >= 11 is 0. The molecule has 0 unspecified atom stereocenters. The molecule has 5 nitrogen and oxygen atoms in total. The molecule has 1 saturated heterocycles. The van der Waals surface area contributed by atoms with Gasteiger partial charge in [-0.3, -0.25) is 0 Å². The van der Waals surface area contributed by atoms with E-state index in [2.05, 4.69) is 61.5 Å². The van der Waals surface area contributed by atoms with E-state index in [1.54, 1.807) is 12.7 Å². The molecule has 0 aromatic rings. The molecule has 0 amide bonds. The van der Waals surface area contributed by atoms with Crippen LogP contribution in [0.3, 0.4) is 0 Å². The standard InChI is InChI=1S/C33H56O5/c1-28(2)24(36-10)13-15-30(5)20-12-16-31(6)27(33(8)17-14-25(38-33)29(3,4)37-11)23(35-9)19-32(31,7)21(20)18-22(34)26(28)30/h12,21-27,34H,13-19H2,1-11H3/t21-,22+,23+,24+,25+,26+,27+,30-,31-,32+,33-/m1/s1. The quantitative estimate of drug-likeness (QED) is 0.406. The van der Waals surface area contributed by atoms with Gasteiger partial charge in [-0.05, 0) is 93.3 Å². The Balaban J connectivity index is 1.55. The van der Waals surface area contributed by atoms with Crippen molar-refractivity contribution in [3.63, 3.8) is 0 Å². The average Bonchev–Trinajstić information content (AvgIpc) is 3.35. The fourth-order valence-electron chi connectivity index (χ4n) is 11.3. The smallest absolute Gasteiger partial charge is 0.0883 e. The predicted molar refractivity (Wildman–Crippen MR) is 151 cm³/mol. The van der Waals surface area contributed by atoms with Crippen LogP contribution < -0.4 is 0 Å². The van der Waals surface area contributed by atoms with E-state index in [0.717, 1.165) is 44.9 Å². The zero-order valence-corrected chi connectivity index (χ0v) is 26.1. The van der Waals surface area contributed by atoms with Crippen molar-refractivity contribution in [3.8, 4) is 0 Å². The van der Waals surface area contributed by atoms with Crippen molar-refractivity contribution in [2.75, 3.05) is 21.3 Å². The van der Waals surface area contributed by atoms with Crippen LogP contribution in [-0.4, -0.2) is 62.1 Å². The topological polar surface area (TPSA) is 57.2 Å². The largest absolute Gasteiger partial charge is 0.393 e. The van der Waals surface area contributed by atoms with Crippen LogP contribution in [0.15, 0.2) is 11.6 Å². The monoisotopic (exact) mass is 532 g/mol. The average molecular weight is 533 g/mol. The van der Waals surface area contributed by atoms with Crippen LogP contribution >= 0.6 is 0 Å². The molecule has 0 bridgehead atoms. The normalized spacial score (nSPS) is 52.2. The minimum Gasteiger partial charge on any atom is -0.393 e. The number of fused-ring (bicyclic) bond motifs is 5. The van der Waals surface area contributed by atoms with Crippen molar-refractivity contribution in [1.82, 2.24) is 0 Å². The van der Waals surface area contributed by atoms with Crippen LogP contribution in [0, 0.1) is 39.4 Å². The Bertz CT molecular complexity index is 957. The van der Waals surface area contributed by atoms with Gasteiger partial charge in [0.05, 0.1) is 35.6 Å². The van der Waals surface area contributed by atoms with E-state index in [0.29, 0.717) is 5.92 Å². The summed E-state index contributed by atoms with van der Waals surface area (Å²) in [7, 11) is 5.53. The fraction of sp³-hybridized carbons (Fsp3) is 0.939. The Hall–Kier alpha value is -0.460. The first-order chi connectivity index (χ1) is 17.6. The van der Waals surface area contributed by atoms with Crippen molar-refractivity contribution >= 4 is 0 Å². The zero-order chi connectivity index (χ0) is 28.1. The lowest BCUT2D eigenvalue weighted by Crippen LogP contribution is -2.62. The van der Waals surface area contributed by atoms with Crippen LogP contribution in [0.25, 0.3) is 0 Å². The molecule has 4 aliphatic carbocycles. The summed E-state index contributed by atoms with van der Waals surface area (Å²) in [5.41, 5.74) is 1.00. The molecule has 1 N–H and O–H groups in total. The summed E-state index contributed by atoms with van der Waals surface area (Å²) in [5.74, 6) is 0.836. The van der Waals surface area contributed by atoms with Gasteiger partial charge in [0.1, 0.15) is 0 Å². The number of rotatable bonds is 5. The molecule has 5 rings (SSSR count). The number of ether oxygens (including phenoxy) is 4. The molecule has 3 saturated carbocycles. The molecule has 11 atom stereocenters. The van der Waals surface area contributed by atoms with Gasteiger partial charge in [-0.25, -0.2) is 0 Å². The Morgan fingerprint density at radius 2 is 1.61 bits per heavy atom. The van der Waals surface area contributed by atoms with Crippen LogP contribution in [0.4, 0.5) is 0 Å². The maximum atomic E-state index is 11.9. The van der Waals surface area contributed by atoms with Gasteiger partial charge in [-0.2, -0.15) is 0 Å². The van der Waals surface area contributed by atoms with E-state index in [1.165, 1.54) is 0 Å². The fourth-order valence-corrected chi connectivity index (χ4v) is 11.3. The van der Waals surface area contributed by atoms with Crippen molar-refractivity contribution in [2.45, 2.75) is 136 Å². The van der Waals surface area contributed by atoms with E-state index in [9.17, 15) is 5.11 Å². The molecule has 0 radical (unpaired) electrons. The van der Waals surface area contributed by atoms with Crippen LogP contribution in [0.1, 0.15) is 100 Å². The number of hydrogen-bond donors (Lipinski definition) is 1. The van der Waals surface area contributed by atoms with Crippen LogP contribution in [0.2, 0.25) is 0 Å². The summed E-state index contributed by atoms with van der Waals surface area (Å²) in [6.07, 6.45) is 9.74. The minimum atomic E-state index is -0.334. The first-order valence-electron chi connectivity index (χ1n) is 15.2. The van der Waals surface area contributed by atoms with E-state index >= 15 is 0 Å². The maximum absolute atomic E-state index is 11.9. The molecule has 1 aliphatic heterocycles. The van der Waals surface area contributed by atoms with Crippen LogP contribution in [0.5, 0.6) is 0 Å². The van der Waals surface area contributed by atoms with E-state index in [4.69, 9.17) is 18.9 Å². The molecular formula is C33H56O5. The van der Waals surface area contributed by atoms with E-state index < -0.39 is 0 Å². The van der Waals surface area contributed by atoms with Gasteiger partial charge in [0, 0.05) is 33.2 Å². The third-order valence-corrected chi connectivity index (χ3v) is 13.5. The lowest BCUT2D eigenvalue weighted by Gasteiger charge is -2.65. The first-order valence-corrected chi connectivity index (χ1v) is 15.2. The molecule has 4 fully saturated rings. The highest BCUT2D eigenvalue weighted by Crippen LogP contribution is 2.74. The Morgan fingerprint density at radius 1 is 0.921 bits per heavy atom. The second kappa shape index (κ2) is 9.02. The van der Waals surface area contributed by atoms with Crippen molar-refractivity contribution in [2.24, 2.45) is 39.4 Å². The van der Waals surface area contributed by atoms with Gasteiger partial charge < -0.3 is 24.1 Å². The van der Waals surface area contributed by atoms with Gasteiger partial charge in [-0.1, -0.05) is 46.3 Å². The molecule has 0 aromatic heterocycles. The molecule has 5 aliphatic rings. The molecule has 1 heterocycles. The highest BCUT2D eigenvalue weighted by Gasteiger charge is 2.71. The lowest BCUT2D eigenvalue weighted by molar-refractivity contribution is -0.190. The molecule has 38 heavy (non-hydrogen) atoms. The number of aliphatic hydroxyl groups is 1. The zero-order valence-electron chi connectivity index (χ0n) is 26.1. The summed E-state index contributed by atoms with van der Waals surface area (Å²) < 4.78 is 25.2. The van der Waals surface area contributed by atoms with Gasteiger partial charge >= 0.3 is 0 Å². The van der Waals surface area contributed by atoms with Crippen molar-refractivity contribution in [3.05, 3.63) is 11.6 Å². The summed E-state index contributed by atoms with van der Waals surface area (Å²) in [6.45, 7) is 18.8. The van der Waals surface area contributed by atoms with Gasteiger partial charge in [-0.15, -0.1) is 0 Å². The van der Waals surface area contributed by atoms with Gasteiger partial charge in [0.15, 0.2) is 0 Å². The third kappa shape index (κ3) is 3.67. The van der Waals surface area contributed by atoms with E-state index in [1.807, 2.05) is 14.2 Å². The summed E-state index contributed by atoms with van der Waals surface area (Å²) in [6, 6.07) is 0. The third-order valence-electron chi connectivity index (χ3n) is 13.5. The minimum absolute atomic E-state index is 0.00674. The maximum Gasteiger partial charge on any atom is 0.0883 e. The van der Waals surface area contributed by atoms with Gasteiger partial charge in [0.25, 0.3) is 0 Å². The number of methoxy groups -OCH3 is 3. The van der Waals surface area contributed by atoms with Crippen molar-refractivity contribution < 1.29 is 24.1 Å². The molecule has 5 heteroatoms. The number of allylic oxidation sites excluding steroid dienone is 2. The highest BCUT2D eigenvalue weighted by molar-refractivity contribution is 5.35. The SMILES string of the molecule is CO[C@H]1C[C@@]2(C)[C@@H]3C[C@H](O)[C@H]4C(C)(C)[C@@H](OC)CC[C@]4(C)C3=CC[C@]2(C)[C@H]1[C@@]1(C)CC[C@@H](C(C)(C)OC)O1. The van der Waals surface area contributed by atoms with Gasteiger partial charge in [0.2, 0.25) is 0 Å². The highest BCUT2D eigenvalue weighted by atomic mass is 16.6. The number of hydrogen-bond acceptors (Lipinski definition) is 5. The van der Waals surface area contributed by atoms with E-state index in [-0.39, 0.29) is 69.1 Å². The molecule has 218 valence electrons. The predicted octanol–water partition coefficient (Wildman–Crippen LogP) is 6.57. The molecular weight excluding hydrogens is 476 g/mol. The second-order valence-electron chi connectivity index (χ2n) is 15.8. The van der Waals surface area contributed by atoms with Crippen molar-refractivity contribution in [1.29, 1.82) is 0 Å². The Morgan fingerprint density at radius 3 is 2.21 bits per heavy atom. The molecule has 0 spiro atoms. The Kier molecular flexibility index (Phi) is 6.89. The lowest BCUT2D eigenvalue weighted by atomic mass is 9.40. The Labute approximate surface area is 232 Å². The first kappa shape index (κ1) is 29.0. The molecule has 0 aromatic carbocycles. The summed E-state index contributed by atoms with van der Waals surface area (Å²) in [4.78, 5) is 0. The number of aliphatic hydroxyl groups excluding tert-OH is 1. The summed E-state index contributed by atoms with van der Waals surface area (Å²) in [5, 5.41) is 11.9. The van der Waals surface area contributed by atoms with Crippen LogP contribution in [-0.2, 0) is 18.9 Å².